The topological polar surface area (TPSA) is 69.2 Å². The van der Waals surface area contributed by atoms with Gasteiger partial charge in [-0.1, -0.05) is 17.4 Å². The number of fused-ring (bicyclic) bond motifs is 1. The number of pyridine rings is 1. The predicted octanol–water partition coefficient (Wildman–Crippen LogP) is 2.46. The number of nitrogens with zero attached hydrogens (tertiary/aromatic N) is 2. The van der Waals surface area contributed by atoms with Gasteiger partial charge in [-0.05, 0) is 24.3 Å². The molecular formula is C12H8N2O3S2. The van der Waals surface area contributed by atoms with Gasteiger partial charge in [0, 0.05) is 23.2 Å². The molecule has 0 spiro atoms. The average molecular weight is 292 g/mol. The maximum absolute atomic E-state index is 12.1. The lowest BCUT2D eigenvalue weighted by Gasteiger charge is -2.04. The van der Waals surface area contributed by atoms with Crippen LogP contribution in [0, 0.1) is 0 Å². The minimum Gasteiger partial charge on any atom is -0.348 e. The molecule has 0 atom stereocenters. The maximum Gasteiger partial charge on any atom is 0.341 e. The minimum atomic E-state index is -3.85. The molecule has 7 heteroatoms. The fourth-order valence-corrected chi connectivity index (χ4v) is 3.22. The molecule has 0 radical (unpaired) electrons. The molecule has 0 bridgehead atoms. The van der Waals surface area contributed by atoms with E-state index in [-0.39, 0.29) is 10.1 Å². The Bertz CT molecular complexity index is 814. The Morgan fingerprint density at radius 3 is 2.79 bits per heavy atom. The molecule has 0 aliphatic rings. The summed E-state index contributed by atoms with van der Waals surface area (Å²) in [6.07, 6.45) is 3.14. The minimum absolute atomic E-state index is 0.0863. The van der Waals surface area contributed by atoms with E-state index in [1.54, 1.807) is 29.8 Å². The van der Waals surface area contributed by atoms with Crippen LogP contribution in [0.25, 0.3) is 10.9 Å². The lowest BCUT2D eigenvalue weighted by atomic mass is 10.2. The average Bonchev–Trinajstić information content (AvgIpc) is 2.90. The van der Waals surface area contributed by atoms with Crippen molar-refractivity contribution in [1.29, 1.82) is 0 Å². The van der Waals surface area contributed by atoms with E-state index in [9.17, 15) is 8.42 Å². The number of thiazole rings is 1. The zero-order valence-electron chi connectivity index (χ0n) is 9.55. The van der Waals surface area contributed by atoms with Crippen molar-refractivity contribution in [2.75, 3.05) is 0 Å². The van der Waals surface area contributed by atoms with Gasteiger partial charge in [-0.2, -0.15) is 8.42 Å². The van der Waals surface area contributed by atoms with Crippen molar-refractivity contribution < 1.29 is 12.6 Å². The quantitative estimate of drug-likeness (QED) is 0.694. The second kappa shape index (κ2) is 4.60. The summed E-state index contributed by atoms with van der Waals surface area (Å²) in [6.45, 7) is 0. The first-order valence-corrected chi connectivity index (χ1v) is 7.63. The number of benzene rings is 1. The molecule has 0 fully saturated rings. The van der Waals surface area contributed by atoms with Crippen molar-refractivity contribution in [3.63, 3.8) is 0 Å². The van der Waals surface area contributed by atoms with Crippen molar-refractivity contribution in [2.45, 2.75) is 4.90 Å². The highest BCUT2D eigenvalue weighted by Crippen LogP contribution is 2.22. The molecule has 1 aromatic carbocycles. The first-order valence-electron chi connectivity index (χ1n) is 5.34. The first-order chi connectivity index (χ1) is 9.15. The van der Waals surface area contributed by atoms with Gasteiger partial charge >= 0.3 is 10.1 Å². The Morgan fingerprint density at radius 1 is 1.11 bits per heavy atom. The molecule has 5 nitrogen and oxygen atoms in total. The third kappa shape index (κ3) is 2.42. The molecule has 0 amide bonds. The van der Waals surface area contributed by atoms with E-state index in [1.165, 1.54) is 18.3 Å². The molecule has 0 N–H and O–H groups in total. The van der Waals surface area contributed by atoms with Crippen LogP contribution in [0.2, 0.25) is 0 Å². The molecule has 0 aliphatic carbocycles. The summed E-state index contributed by atoms with van der Waals surface area (Å²) in [7, 11) is -3.85. The van der Waals surface area contributed by atoms with Crippen LogP contribution in [0.15, 0.2) is 53.0 Å². The largest absolute Gasteiger partial charge is 0.348 e. The Kier molecular flexibility index (Phi) is 2.92. The van der Waals surface area contributed by atoms with Crippen LogP contribution in [-0.2, 0) is 10.1 Å². The van der Waals surface area contributed by atoms with Crippen LogP contribution in [0.1, 0.15) is 0 Å². The molecule has 0 saturated carbocycles. The third-order valence-electron chi connectivity index (χ3n) is 2.45. The van der Waals surface area contributed by atoms with Crippen molar-refractivity contribution in [1.82, 2.24) is 9.97 Å². The zero-order valence-corrected chi connectivity index (χ0v) is 11.2. The summed E-state index contributed by atoms with van der Waals surface area (Å²) in [5, 5.41) is 2.49. The number of aromatic nitrogens is 2. The molecule has 0 aliphatic heterocycles. The molecule has 3 aromatic rings. The maximum atomic E-state index is 12.1. The van der Waals surface area contributed by atoms with Gasteiger partial charge in [0.2, 0.25) is 0 Å². The lowest BCUT2D eigenvalue weighted by molar-refractivity contribution is 0.484. The highest BCUT2D eigenvalue weighted by Gasteiger charge is 2.18. The molecule has 0 unspecified atom stereocenters. The SMILES string of the molecule is O=S(=O)(Oc1nccs1)c1ccc2ncccc2c1. The zero-order chi connectivity index (χ0) is 13.3. The number of rotatable bonds is 3. The summed E-state index contributed by atoms with van der Waals surface area (Å²) in [6, 6.07) is 8.20. The smallest absolute Gasteiger partial charge is 0.341 e. The van der Waals surface area contributed by atoms with E-state index in [0.717, 1.165) is 22.2 Å². The highest BCUT2D eigenvalue weighted by atomic mass is 32.2. The van der Waals surface area contributed by atoms with Crippen molar-refractivity contribution in [3.8, 4) is 5.19 Å². The monoisotopic (exact) mass is 292 g/mol. The second-order valence-corrected chi connectivity index (χ2v) is 6.10. The fourth-order valence-electron chi connectivity index (χ4n) is 1.60. The van der Waals surface area contributed by atoms with Crippen LogP contribution >= 0.6 is 11.3 Å². The van der Waals surface area contributed by atoms with Gasteiger partial charge in [0.15, 0.2) is 0 Å². The second-order valence-electron chi connectivity index (χ2n) is 3.69. The van der Waals surface area contributed by atoms with Crippen LogP contribution in [0.5, 0.6) is 5.19 Å². The van der Waals surface area contributed by atoms with Crippen molar-refractivity contribution >= 4 is 32.4 Å². The third-order valence-corrected chi connectivity index (χ3v) is 4.42. The van der Waals surface area contributed by atoms with Crippen LogP contribution < -0.4 is 4.18 Å². The molecule has 2 aromatic heterocycles. The van der Waals surface area contributed by atoms with Gasteiger partial charge in [-0.3, -0.25) is 4.98 Å². The Hall–Kier alpha value is -1.99. The molecule has 3 rings (SSSR count). The Morgan fingerprint density at radius 2 is 2.00 bits per heavy atom. The standard InChI is InChI=1S/C12H8N2O3S2/c15-19(16,17-12-14-6-7-18-12)10-3-4-11-9(8-10)2-1-5-13-11/h1-8H. The van der Waals surface area contributed by atoms with Crippen molar-refractivity contribution in [2.24, 2.45) is 0 Å². The number of hydrogen-bond donors (Lipinski definition) is 0. The van der Waals surface area contributed by atoms with Gasteiger partial charge in [-0.25, -0.2) is 4.98 Å². The summed E-state index contributed by atoms with van der Waals surface area (Å²) >= 11 is 1.12. The predicted molar refractivity (Wildman–Crippen MR) is 71.7 cm³/mol. The summed E-state index contributed by atoms with van der Waals surface area (Å²) in [4.78, 5) is 8.01. The van der Waals surface area contributed by atoms with E-state index in [4.69, 9.17) is 4.18 Å². The molecule has 2 heterocycles. The Balaban J connectivity index is 2.03. The fraction of sp³-hybridized carbons (Fsp3) is 0. The van der Waals surface area contributed by atoms with E-state index in [2.05, 4.69) is 9.97 Å². The Labute approximate surface area is 113 Å². The summed E-state index contributed by atoms with van der Waals surface area (Å²) in [5.41, 5.74) is 0.732. The first kappa shape index (κ1) is 12.1. The van der Waals surface area contributed by atoms with Crippen LogP contribution in [0.3, 0.4) is 0 Å². The molecule has 19 heavy (non-hydrogen) atoms. The van der Waals surface area contributed by atoms with E-state index < -0.39 is 10.1 Å². The highest BCUT2D eigenvalue weighted by molar-refractivity contribution is 7.87. The van der Waals surface area contributed by atoms with Crippen molar-refractivity contribution in [3.05, 3.63) is 48.1 Å². The van der Waals surface area contributed by atoms with Gasteiger partial charge in [0.1, 0.15) is 4.90 Å². The van der Waals surface area contributed by atoms with Gasteiger partial charge in [-0.15, -0.1) is 0 Å². The van der Waals surface area contributed by atoms with E-state index in [0.29, 0.717) is 0 Å². The van der Waals surface area contributed by atoms with Gasteiger partial charge in [0.25, 0.3) is 5.19 Å². The molecule has 96 valence electrons. The normalized spacial score (nSPS) is 11.6. The van der Waals surface area contributed by atoms with Crippen LogP contribution in [0.4, 0.5) is 0 Å². The molecular weight excluding hydrogens is 284 g/mol. The lowest BCUT2D eigenvalue weighted by Crippen LogP contribution is -2.09. The van der Waals surface area contributed by atoms with E-state index >= 15 is 0 Å². The molecule has 0 saturated heterocycles. The summed E-state index contributed by atoms with van der Waals surface area (Å²) in [5.74, 6) is 0. The van der Waals surface area contributed by atoms with Gasteiger partial charge in [0.05, 0.1) is 5.52 Å². The van der Waals surface area contributed by atoms with Gasteiger partial charge < -0.3 is 4.18 Å². The van der Waals surface area contributed by atoms with Crippen LogP contribution in [-0.4, -0.2) is 18.4 Å². The number of hydrogen-bond acceptors (Lipinski definition) is 6. The summed E-state index contributed by atoms with van der Waals surface area (Å²) < 4.78 is 29.1. The van der Waals surface area contributed by atoms with E-state index in [1.807, 2.05) is 0 Å².